The normalized spacial score (nSPS) is 14.4. The van der Waals surface area contributed by atoms with Crippen molar-refractivity contribution in [2.24, 2.45) is 5.41 Å². The Balaban J connectivity index is 3.05. The Morgan fingerprint density at radius 2 is 0.788 bits per heavy atom. The van der Waals surface area contributed by atoms with Crippen molar-refractivity contribution in [3.63, 3.8) is 0 Å². The van der Waals surface area contributed by atoms with E-state index in [9.17, 15) is 0 Å². The Labute approximate surface area is 204 Å². The third-order valence-corrected chi connectivity index (χ3v) is 10.1. The first-order valence-electron chi connectivity index (χ1n) is 12.4. The predicted octanol–water partition coefficient (Wildman–Crippen LogP) is 8.09. The molecule has 0 aliphatic rings. The van der Waals surface area contributed by atoms with Crippen molar-refractivity contribution in [1.29, 1.82) is 0 Å². The van der Waals surface area contributed by atoms with E-state index < -0.39 is 5.60 Å². The maximum atomic E-state index is 7.39. The van der Waals surface area contributed by atoms with Crippen LogP contribution in [0.1, 0.15) is 95.8 Å². The summed E-state index contributed by atoms with van der Waals surface area (Å²) in [7, 11) is 2.06. The van der Waals surface area contributed by atoms with Crippen LogP contribution < -0.4 is 10.1 Å². The Morgan fingerprint density at radius 3 is 1.12 bits per heavy atom. The summed E-state index contributed by atoms with van der Waals surface area (Å²) in [4.78, 5) is 0. The molecular formula is C31H49NO. The zero-order chi connectivity index (χ0) is 25.8. The van der Waals surface area contributed by atoms with Gasteiger partial charge in [-0.3, -0.25) is 0 Å². The lowest BCUT2D eigenvalue weighted by Crippen LogP contribution is -2.61. The highest BCUT2D eigenvalue weighted by Gasteiger charge is 2.54. The summed E-state index contributed by atoms with van der Waals surface area (Å²) in [5.41, 5.74) is 13.6. The van der Waals surface area contributed by atoms with Gasteiger partial charge in [-0.15, -0.1) is 0 Å². The molecule has 0 heterocycles. The summed E-state index contributed by atoms with van der Waals surface area (Å²) < 4.78 is 7.39. The maximum Gasteiger partial charge on any atom is 0.138 e. The molecule has 2 nitrogen and oxygen atoms in total. The van der Waals surface area contributed by atoms with E-state index in [1.807, 2.05) is 0 Å². The zero-order valence-corrected chi connectivity index (χ0v) is 24.4. The second-order valence-corrected chi connectivity index (χ2v) is 11.6. The van der Waals surface area contributed by atoms with Gasteiger partial charge in [-0.25, -0.2) is 0 Å². The molecule has 0 spiro atoms. The van der Waals surface area contributed by atoms with E-state index in [2.05, 4.69) is 116 Å². The summed E-state index contributed by atoms with van der Waals surface area (Å²) in [6, 6.07) is 0. The van der Waals surface area contributed by atoms with Crippen molar-refractivity contribution in [2.75, 3.05) is 7.05 Å². The smallest absolute Gasteiger partial charge is 0.138 e. The first kappa shape index (κ1) is 27.4. The van der Waals surface area contributed by atoms with Crippen molar-refractivity contribution in [2.45, 2.75) is 115 Å². The Bertz CT molecular complexity index is 1030. The molecular weight excluding hydrogens is 402 g/mol. The number of hydrogen-bond acceptors (Lipinski definition) is 2. The number of nitrogens with one attached hydrogen (secondary N) is 1. The second-order valence-electron chi connectivity index (χ2n) is 11.6. The fourth-order valence-corrected chi connectivity index (χ4v) is 5.44. The van der Waals surface area contributed by atoms with Gasteiger partial charge in [0.25, 0.3) is 0 Å². The Kier molecular flexibility index (Phi) is 7.29. The predicted molar refractivity (Wildman–Crippen MR) is 145 cm³/mol. The highest BCUT2D eigenvalue weighted by molar-refractivity contribution is 5.56. The number of rotatable bonds is 6. The van der Waals surface area contributed by atoms with Crippen LogP contribution in [0.5, 0.6) is 5.75 Å². The van der Waals surface area contributed by atoms with E-state index in [4.69, 9.17) is 4.74 Å². The van der Waals surface area contributed by atoms with E-state index in [1.165, 1.54) is 61.2 Å². The van der Waals surface area contributed by atoms with Crippen LogP contribution in [-0.4, -0.2) is 12.6 Å². The average Bonchev–Trinajstić information content (AvgIpc) is 2.76. The quantitative estimate of drug-likeness (QED) is 0.479. The average molecular weight is 452 g/mol. The molecule has 2 heteroatoms. The maximum absolute atomic E-state index is 7.39. The van der Waals surface area contributed by atoms with E-state index in [-0.39, 0.29) is 11.0 Å². The van der Waals surface area contributed by atoms with Gasteiger partial charge in [0.15, 0.2) is 0 Å². The van der Waals surface area contributed by atoms with Gasteiger partial charge in [-0.2, -0.15) is 0 Å². The molecule has 33 heavy (non-hydrogen) atoms. The fourth-order valence-electron chi connectivity index (χ4n) is 5.44. The van der Waals surface area contributed by atoms with Crippen LogP contribution in [0.4, 0.5) is 0 Å². The third-order valence-electron chi connectivity index (χ3n) is 10.1. The molecule has 184 valence electrons. The molecule has 0 bridgehead atoms. The molecule has 0 aliphatic heterocycles. The van der Waals surface area contributed by atoms with Crippen molar-refractivity contribution < 1.29 is 4.74 Å². The first-order chi connectivity index (χ1) is 14.9. The minimum atomic E-state index is -0.569. The van der Waals surface area contributed by atoms with Gasteiger partial charge in [0.2, 0.25) is 0 Å². The molecule has 0 saturated heterocycles. The van der Waals surface area contributed by atoms with Crippen LogP contribution >= 0.6 is 0 Å². The van der Waals surface area contributed by atoms with Crippen molar-refractivity contribution in [3.05, 3.63) is 61.2 Å². The van der Waals surface area contributed by atoms with Crippen LogP contribution in [0.3, 0.4) is 0 Å². The first-order valence-corrected chi connectivity index (χ1v) is 12.4. The molecule has 0 saturated carbocycles. The lowest BCUT2D eigenvalue weighted by molar-refractivity contribution is -0.0796. The topological polar surface area (TPSA) is 21.3 Å². The van der Waals surface area contributed by atoms with Crippen LogP contribution in [0.25, 0.3) is 0 Å². The van der Waals surface area contributed by atoms with Crippen LogP contribution in [0.2, 0.25) is 0 Å². The van der Waals surface area contributed by atoms with E-state index in [1.54, 1.807) is 0 Å². The molecule has 1 atom stereocenters. The molecule has 2 aromatic rings. The monoisotopic (exact) mass is 451 g/mol. The lowest BCUT2D eigenvalue weighted by Gasteiger charge is -2.54. The lowest BCUT2D eigenvalue weighted by atomic mass is 9.59. The van der Waals surface area contributed by atoms with Crippen LogP contribution in [0.15, 0.2) is 0 Å². The molecule has 2 aromatic carbocycles. The second kappa shape index (κ2) is 8.77. The highest BCUT2D eigenvalue weighted by atomic mass is 16.5. The number of ether oxygens (including phenoxy) is 1. The van der Waals surface area contributed by atoms with Crippen molar-refractivity contribution in [1.82, 2.24) is 5.32 Å². The van der Waals surface area contributed by atoms with Crippen LogP contribution in [0, 0.1) is 74.7 Å². The molecule has 1 unspecified atom stereocenters. The SMILES string of the molecule is CNC(C)(C)C(C)(C)C(C)(Oc1c(C)c(C)c(C)c(C)c1C)c1c(C)c(C)c(C)c(C)c1C. The van der Waals surface area contributed by atoms with E-state index >= 15 is 0 Å². The number of benzene rings is 2. The number of hydrogen-bond donors (Lipinski definition) is 1. The summed E-state index contributed by atoms with van der Waals surface area (Å²) in [6.07, 6.45) is 0. The van der Waals surface area contributed by atoms with Crippen molar-refractivity contribution >= 4 is 0 Å². The third kappa shape index (κ3) is 3.93. The largest absolute Gasteiger partial charge is 0.482 e. The standard InChI is InChI=1S/C31H49NO/c1-17-19(3)23(7)27(24(8)20(17)4)31(15,29(11,12)30(13,14)32-16)33-28-25(9)21(5)18(2)22(6)26(28)10/h32H,1-16H3. The zero-order valence-electron chi connectivity index (χ0n) is 24.4. The van der Waals surface area contributed by atoms with Gasteiger partial charge in [0, 0.05) is 16.5 Å². The fraction of sp³-hybridized carbons (Fsp3) is 0.613. The van der Waals surface area contributed by atoms with E-state index in [0.29, 0.717) is 0 Å². The van der Waals surface area contributed by atoms with Gasteiger partial charge >= 0.3 is 0 Å². The summed E-state index contributed by atoms with van der Waals surface area (Å²) in [5, 5.41) is 3.60. The van der Waals surface area contributed by atoms with Gasteiger partial charge in [0.05, 0.1) is 0 Å². The molecule has 0 aromatic heterocycles. The van der Waals surface area contributed by atoms with Gasteiger partial charge in [0.1, 0.15) is 11.4 Å². The molecule has 0 amide bonds. The molecule has 0 fully saturated rings. The highest BCUT2D eigenvalue weighted by Crippen LogP contribution is 2.53. The molecule has 2 rings (SSSR count). The Hall–Kier alpha value is -1.80. The van der Waals surface area contributed by atoms with Crippen molar-refractivity contribution in [3.8, 4) is 5.75 Å². The minimum Gasteiger partial charge on any atom is -0.482 e. The molecule has 0 aliphatic carbocycles. The van der Waals surface area contributed by atoms with Gasteiger partial charge in [-0.05, 0) is 153 Å². The molecule has 0 radical (unpaired) electrons. The Morgan fingerprint density at radius 1 is 0.485 bits per heavy atom. The summed E-state index contributed by atoms with van der Waals surface area (Å²) >= 11 is 0. The van der Waals surface area contributed by atoms with Crippen LogP contribution in [-0.2, 0) is 5.60 Å². The van der Waals surface area contributed by atoms with Gasteiger partial charge < -0.3 is 10.1 Å². The molecule has 1 N–H and O–H groups in total. The minimum absolute atomic E-state index is 0.177. The van der Waals surface area contributed by atoms with E-state index in [0.717, 1.165) is 5.75 Å². The van der Waals surface area contributed by atoms with Gasteiger partial charge in [-0.1, -0.05) is 13.8 Å². The summed E-state index contributed by atoms with van der Waals surface area (Å²) in [5.74, 6) is 1.03. The summed E-state index contributed by atoms with van der Waals surface area (Å²) in [6.45, 7) is 34.0.